The van der Waals surface area contributed by atoms with Crippen molar-refractivity contribution in [3.63, 3.8) is 0 Å². The first-order valence-electron chi connectivity index (χ1n) is 6.72. The normalized spacial score (nSPS) is 11.4. The van der Waals surface area contributed by atoms with Crippen LogP contribution in [0.2, 0.25) is 0 Å². The van der Waals surface area contributed by atoms with Gasteiger partial charge in [-0.25, -0.2) is 0 Å². The Kier molecular flexibility index (Phi) is 3.97. The minimum absolute atomic E-state index is 0.137. The SMILES string of the molecule is CC#CCn1ccc2c(CNC(C)(C)C)cccc21. The van der Waals surface area contributed by atoms with Crippen LogP contribution in [0.1, 0.15) is 33.3 Å². The predicted octanol–water partition coefficient (Wildman–Crippen LogP) is 3.55. The molecule has 2 heteroatoms. The second kappa shape index (κ2) is 5.50. The lowest BCUT2D eigenvalue weighted by atomic mass is 10.1. The van der Waals surface area contributed by atoms with Gasteiger partial charge < -0.3 is 9.88 Å². The maximum atomic E-state index is 3.55. The van der Waals surface area contributed by atoms with Crippen molar-refractivity contribution in [3.05, 3.63) is 36.0 Å². The van der Waals surface area contributed by atoms with Crippen molar-refractivity contribution >= 4 is 10.9 Å². The maximum absolute atomic E-state index is 3.55. The van der Waals surface area contributed by atoms with E-state index in [1.165, 1.54) is 16.5 Å². The molecular weight excluding hydrogens is 232 g/mol. The Labute approximate surface area is 115 Å². The highest BCUT2D eigenvalue weighted by molar-refractivity contribution is 5.83. The van der Waals surface area contributed by atoms with E-state index in [1.807, 2.05) is 6.92 Å². The monoisotopic (exact) mass is 254 g/mol. The van der Waals surface area contributed by atoms with E-state index >= 15 is 0 Å². The van der Waals surface area contributed by atoms with Crippen LogP contribution in [0.25, 0.3) is 10.9 Å². The molecule has 0 saturated carbocycles. The lowest BCUT2D eigenvalue weighted by Crippen LogP contribution is -2.35. The molecule has 2 aromatic rings. The van der Waals surface area contributed by atoms with E-state index in [1.54, 1.807) is 0 Å². The Balaban J connectivity index is 2.30. The number of fused-ring (bicyclic) bond motifs is 1. The smallest absolute Gasteiger partial charge is 0.0837 e. The molecule has 19 heavy (non-hydrogen) atoms. The molecule has 0 spiro atoms. The molecule has 1 aromatic carbocycles. The van der Waals surface area contributed by atoms with Crippen molar-refractivity contribution in [1.29, 1.82) is 0 Å². The Morgan fingerprint density at radius 3 is 2.68 bits per heavy atom. The van der Waals surface area contributed by atoms with E-state index in [2.05, 4.69) is 73.0 Å². The fraction of sp³-hybridized carbons (Fsp3) is 0.412. The van der Waals surface area contributed by atoms with Crippen LogP contribution in [-0.2, 0) is 13.1 Å². The van der Waals surface area contributed by atoms with Crippen molar-refractivity contribution < 1.29 is 0 Å². The van der Waals surface area contributed by atoms with Crippen molar-refractivity contribution in [2.45, 2.75) is 46.3 Å². The molecule has 0 saturated heterocycles. The fourth-order valence-corrected chi connectivity index (χ4v) is 2.10. The molecule has 0 amide bonds. The Morgan fingerprint density at radius 2 is 2.00 bits per heavy atom. The molecule has 1 heterocycles. The third-order valence-electron chi connectivity index (χ3n) is 3.14. The molecule has 0 atom stereocenters. The number of hydrogen-bond donors (Lipinski definition) is 1. The molecule has 2 rings (SSSR count). The zero-order chi connectivity index (χ0) is 13.9. The summed E-state index contributed by atoms with van der Waals surface area (Å²) < 4.78 is 2.20. The van der Waals surface area contributed by atoms with Crippen LogP contribution in [0, 0.1) is 11.8 Å². The summed E-state index contributed by atoms with van der Waals surface area (Å²) in [5.74, 6) is 6.06. The molecule has 0 radical (unpaired) electrons. The van der Waals surface area contributed by atoms with Crippen molar-refractivity contribution in [3.8, 4) is 11.8 Å². The first-order chi connectivity index (χ1) is 9.01. The van der Waals surface area contributed by atoms with E-state index in [9.17, 15) is 0 Å². The van der Waals surface area contributed by atoms with Crippen LogP contribution in [0.15, 0.2) is 30.5 Å². The molecule has 0 unspecified atom stereocenters. The molecular formula is C17H22N2. The van der Waals surface area contributed by atoms with Gasteiger partial charge in [-0.15, -0.1) is 5.92 Å². The first kappa shape index (κ1) is 13.7. The number of rotatable bonds is 3. The summed E-state index contributed by atoms with van der Waals surface area (Å²) in [6, 6.07) is 8.66. The number of nitrogens with zero attached hydrogens (tertiary/aromatic N) is 1. The molecule has 1 aromatic heterocycles. The molecule has 0 aliphatic heterocycles. The van der Waals surface area contributed by atoms with E-state index in [0.29, 0.717) is 0 Å². The lowest BCUT2D eigenvalue weighted by Gasteiger charge is -2.20. The molecule has 2 nitrogen and oxygen atoms in total. The highest BCUT2D eigenvalue weighted by Gasteiger charge is 2.10. The topological polar surface area (TPSA) is 17.0 Å². The van der Waals surface area contributed by atoms with Gasteiger partial charge in [-0.3, -0.25) is 0 Å². The molecule has 0 fully saturated rings. The van der Waals surface area contributed by atoms with Crippen LogP contribution in [0.3, 0.4) is 0 Å². The van der Waals surface area contributed by atoms with Crippen molar-refractivity contribution in [2.24, 2.45) is 0 Å². The van der Waals surface area contributed by atoms with Gasteiger partial charge in [0.1, 0.15) is 0 Å². The van der Waals surface area contributed by atoms with Crippen LogP contribution < -0.4 is 5.32 Å². The van der Waals surface area contributed by atoms with Gasteiger partial charge in [0.05, 0.1) is 6.54 Å². The lowest BCUT2D eigenvalue weighted by molar-refractivity contribution is 0.425. The average molecular weight is 254 g/mol. The molecule has 0 aliphatic carbocycles. The van der Waals surface area contributed by atoms with Gasteiger partial charge in [0, 0.05) is 29.2 Å². The summed E-state index contributed by atoms with van der Waals surface area (Å²) in [6.07, 6.45) is 2.12. The minimum atomic E-state index is 0.137. The maximum Gasteiger partial charge on any atom is 0.0837 e. The van der Waals surface area contributed by atoms with E-state index in [0.717, 1.165) is 13.1 Å². The largest absolute Gasteiger partial charge is 0.336 e. The summed E-state index contributed by atoms with van der Waals surface area (Å²) in [6.45, 7) is 10.1. The number of aromatic nitrogens is 1. The zero-order valence-electron chi connectivity index (χ0n) is 12.2. The summed E-state index contributed by atoms with van der Waals surface area (Å²) in [5, 5.41) is 4.86. The highest BCUT2D eigenvalue weighted by atomic mass is 15.0. The Bertz CT molecular complexity index is 618. The number of nitrogens with one attached hydrogen (secondary N) is 1. The van der Waals surface area contributed by atoms with Gasteiger partial charge in [-0.05, 0) is 45.4 Å². The molecule has 0 bridgehead atoms. The summed E-state index contributed by atoms with van der Waals surface area (Å²) in [4.78, 5) is 0. The second-order valence-corrected chi connectivity index (χ2v) is 5.82. The minimum Gasteiger partial charge on any atom is -0.336 e. The standard InChI is InChI=1S/C17H22N2/c1-5-6-11-19-12-10-15-14(8-7-9-16(15)19)13-18-17(2,3)4/h7-10,12,18H,11,13H2,1-4H3. The second-order valence-electron chi connectivity index (χ2n) is 5.82. The van der Waals surface area contributed by atoms with Gasteiger partial charge in [0.15, 0.2) is 0 Å². The molecule has 0 aliphatic rings. The van der Waals surface area contributed by atoms with Crippen molar-refractivity contribution in [1.82, 2.24) is 9.88 Å². The highest BCUT2D eigenvalue weighted by Crippen LogP contribution is 2.20. The van der Waals surface area contributed by atoms with Gasteiger partial charge >= 0.3 is 0 Å². The van der Waals surface area contributed by atoms with Gasteiger partial charge in [0.25, 0.3) is 0 Å². The van der Waals surface area contributed by atoms with Gasteiger partial charge in [-0.2, -0.15) is 0 Å². The molecule has 100 valence electrons. The van der Waals surface area contributed by atoms with Crippen LogP contribution in [-0.4, -0.2) is 10.1 Å². The predicted molar refractivity (Wildman–Crippen MR) is 82.0 cm³/mol. The van der Waals surface area contributed by atoms with Crippen LogP contribution >= 0.6 is 0 Å². The van der Waals surface area contributed by atoms with Gasteiger partial charge in [-0.1, -0.05) is 18.1 Å². The van der Waals surface area contributed by atoms with Crippen LogP contribution in [0.4, 0.5) is 0 Å². The summed E-state index contributed by atoms with van der Waals surface area (Å²) in [7, 11) is 0. The summed E-state index contributed by atoms with van der Waals surface area (Å²) in [5.41, 5.74) is 2.74. The number of hydrogen-bond acceptors (Lipinski definition) is 1. The van der Waals surface area contributed by atoms with E-state index in [-0.39, 0.29) is 5.54 Å². The Morgan fingerprint density at radius 1 is 1.21 bits per heavy atom. The Hall–Kier alpha value is -1.72. The van der Waals surface area contributed by atoms with Crippen molar-refractivity contribution in [2.75, 3.05) is 0 Å². The average Bonchev–Trinajstić information content (AvgIpc) is 2.76. The molecule has 1 N–H and O–H groups in total. The quantitative estimate of drug-likeness (QED) is 0.829. The number of benzene rings is 1. The van der Waals surface area contributed by atoms with E-state index < -0.39 is 0 Å². The first-order valence-corrected chi connectivity index (χ1v) is 6.72. The third-order valence-corrected chi connectivity index (χ3v) is 3.14. The summed E-state index contributed by atoms with van der Waals surface area (Å²) >= 11 is 0. The van der Waals surface area contributed by atoms with Crippen LogP contribution in [0.5, 0.6) is 0 Å². The van der Waals surface area contributed by atoms with E-state index in [4.69, 9.17) is 0 Å². The fourth-order valence-electron chi connectivity index (χ4n) is 2.10. The zero-order valence-corrected chi connectivity index (χ0v) is 12.2. The van der Waals surface area contributed by atoms with Gasteiger partial charge in [0.2, 0.25) is 0 Å². The third kappa shape index (κ3) is 3.39.